The highest BCUT2D eigenvalue weighted by Crippen LogP contribution is 2.40. The quantitative estimate of drug-likeness (QED) is 0.436. The third-order valence-electron chi connectivity index (χ3n) is 2.92. The molecule has 0 aliphatic carbocycles. The summed E-state index contributed by atoms with van der Waals surface area (Å²) >= 11 is 0. The van der Waals surface area contributed by atoms with Gasteiger partial charge in [0.2, 0.25) is 0 Å². The van der Waals surface area contributed by atoms with Gasteiger partial charge in [-0.15, -0.1) is 0 Å². The number of benzene rings is 2. The van der Waals surface area contributed by atoms with Crippen molar-refractivity contribution in [2.75, 3.05) is 0 Å². The Bertz CT molecular complexity index is 719. The van der Waals surface area contributed by atoms with E-state index in [-0.39, 0.29) is 11.6 Å². The van der Waals surface area contributed by atoms with E-state index in [4.69, 9.17) is 0 Å². The molecular formula is C14H6F6NO2. The fourth-order valence-electron chi connectivity index (χ4n) is 1.92. The summed E-state index contributed by atoms with van der Waals surface area (Å²) in [5.74, 6) is 0. The van der Waals surface area contributed by atoms with Crippen molar-refractivity contribution in [3.05, 3.63) is 63.7 Å². The summed E-state index contributed by atoms with van der Waals surface area (Å²) < 4.78 is 76.8. The van der Waals surface area contributed by atoms with Crippen LogP contribution >= 0.6 is 0 Å². The van der Waals surface area contributed by atoms with Gasteiger partial charge in [-0.25, -0.2) is 0 Å². The summed E-state index contributed by atoms with van der Waals surface area (Å²) in [6, 6.07) is 6.45. The first-order chi connectivity index (χ1) is 10.5. The molecule has 9 heteroatoms. The lowest BCUT2D eigenvalue weighted by Crippen LogP contribution is -2.11. The molecular weight excluding hydrogens is 328 g/mol. The van der Waals surface area contributed by atoms with Gasteiger partial charge in [0.05, 0.1) is 27.7 Å². The highest BCUT2D eigenvalue weighted by atomic mass is 19.4. The summed E-state index contributed by atoms with van der Waals surface area (Å²) in [5, 5.41) is 10.9. The Balaban J connectivity index is 2.75. The Morgan fingerprint density at radius 1 is 0.957 bits per heavy atom. The molecule has 3 nitrogen and oxygen atoms in total. The Morgan fingerprint density at radius 3 is 1.91 bits per heavy atom. The van der Waals surface area contributed by atoms with Crippen LogP contribution in [0, 0.1) is 16.2 Å². The van der Waals surface area contributed by atoms with Crippen LogP contribution in [0.2, 0.25) is 0 Å². The van der Waals surface area contributed by atoms with Gasteiger partial charge in [0.15, 0.2) is 0 Å². The fraction of sp³-hybridized carbons (Fsp3) is 0.143. The number of nitro groups is 1. The predicted molar refractivity (Wildman–Crippen MR) is 67.4 cm³/mol. The molecule has 23 heavy (non-hydrogen) atoms. The minimum Gasteiger partial charge on any atom is -0.258 e. The van der Waals surface area contributed by atoms with E-state index in [1.54, 1.807) is 0 Å². The van der Waals surface area contributed by atoms with Crippen molar-refractivity contribution in [3.63, 3.8) is 0 Å². The number of rotatable bonds is 2. The van der Waals surface area contributed by atoms with Crippen molar-refractivity contribution >= 4 is 5.69 Å². The smallest absolute Gasteiger partial charge is 0.258 e. The van der Waals surface area contributed by atoms with Crippen LogP contribution in [-0.4, -0.2) is 4.92 Å². The minimum atomic E-state index is -5.02. The van der Waals surface area contributed by atoms with Crippen molar-refractivity contribution in [2.24, 2.45) is 0 Å². The maximum absolute atomic E-state index is 12.8. The lowest BCUT2D eigenvalue weighted by atomic mass is 9.98. The molecule has 0 atom stereocenters. The van der Waals surface area contributed by atoms with Gasteiger partial charge in [-0.1, -0.05) is 6.07 Å². The normalized spacial score (nSPS) is 12.3. The van der Waals surface area contributed by atoms with Crippen molar-refractivity contribution in [3.8, 4) is 11.1 Å². The van der Waals surface area contributed by atoms with Crippen LogP contribution in [0.4, 0.5) is 32.0 Å². The summed E-state index contributed by atoms with van der Waals surface area (Å²) in [6.45, 7) is 0. The molecule has 0 bridgehead atoms. The van der Waals surface area contributed by atoms with E-state index in [0.717, 1.165) is 12.1 Å². The van der Waals surface area contributed by atoms with Crippen LogP contribution < -0.4 is 0 Å². The average Bonchev–Trinajstić information content (AvgIpc) is 2.45. The molecule has 0 aliphatic rings. The third-order valence-corrected chi connectivity index (χ3v) is 2.92. The SMILES string of the molecule is O=[N+]([O-])c1[c]cccc1-c1cc(C(F)(F)F)cc(C(F)(F)F)c1. The zero-order valence-corrected chi connectivity index (χ0v) is 11.0. The van der Waals surface area contributed by atoms with Crippen molar-refractivity contribution < 1.29 is 31.3 Å². The molecule has 0 unspecified atom stereocenters. The summed E-state index contributed by atoms with van der Waals surface area (Å²) in [4.78, 5) is 9.96. The van der Waals surface area contributed by atoms with E-state index in [9.17, 15) is 36.5 Å². The van der Waals surface area contributed by atoms with E-state index < -0.39 is 39.7 Å². The zero-order valence-electron chi connectivity index (χ0n) is 11.0. The Morgan fingerprint density at radius 2 is 1.48 bits per heavy atom. The molecule has 0 saturated heterocycles. The summed E-state index contributed by atoms with van der Waals surface area (Å²) in [6.07, 6.45) is -10.0. The molecule has 0 spiro atoms. The van der Waals surface area contributed by atoms with Gasteiger partial charge in [0.1, 0.15) is 0 Å². The summed E-state index contributed by atoms with van der Waals surface area (Å²) in [7, 11) is 0. The van der Waals surface area contributed by atoms with Crippen LogP contribution in [0.15, 0.2) is 36.4 Å². The molecule has 0 aromatic heterocycles. The predicted octanol–water partition coefficient (Wildman–Crippen LogP) is 5.10. The average molecular weight is 334 g/mol. The second-order valence-electron chi connectivity index (χ2n) is 4.48. The molecule has 0 heterocycles. The maximum Gasteiger partial charge on any atom is 0.416 e. The number of halogens is 6. The van der Waals surface area contributed by atoms with Crippen LogP contribution in [0.5, 0.6) is 0 Å². The molecule has 0 fully saturated rings. The lowest BCUT2D eigenvalue weighted by molar-refractivity contribution is -0.384. The van der Waals surface area contributed by atoms with E-state index in [2.05, 4.69) is 6.07 Å². The minimum absolute atomic E-state index is 0.0397. The topological polar surface area (TPSA) is 43.1 Å². The highest BCUT2D eigenvalue weighted by Gasteiger charge is 2.37. The van der Waals surface area contributed by atoms with Gasteiger partial charge in [-0.2, -0.15) is 26.3 Å². The molecule has 1 radical (unpaired) electrons. The van der Waals surface area contributed by atoms with Gasteiger partial charge >= 0.3 is 12.4 Å². The maximum atomic E-state index is 12.8. The first-order valence-corrected chi connectivity index (χ1v) is 5.95. The first-order valence-electron chi connectivity index (χ1n) is 5.95. The lowest BCUT2D eigenvalue weighted by Gasteiger charge is -2.14. The van der Waals surface area contributed by atoms with Crippen LogP contribution in [-0.2, 0) is 12.4 Å². The molecule has 0 saturated carbocycles. The zero-order chi connectivity index (χ0) is 17.4. The van der Waals surface area contributed by atoms with E-state index in [1.165, 1.54) is 6.07 Å². The molecule has 2 rings (SSSR count). The fourth-order valence-corrected chi connectivity index (χ4v) is 1.92. The number of para-hydroxylation sites is 1. The molecule has 0 N–H and O–H groups in total. The first kappa shape index (κ1) is 16.8. The Hall–Kier alpha value is -2.58. The van der Waals surface area contributed by atoms with Crippen molar-refractivity contribution in [1.29, 1.82) is 0 Å². The number of nitro benzene ring substituents is 1. The van der Waals surface area contributed by atoms with Gasteiger partial charge in [-0.05, 0) is 35.9 Å². The molecule has 2 aromatic rings. The largest absolute Gasteiger partial charge is 0.416 e. The molecule has 0 aliphatic heterocycles. The van der Waals surface area contributed by atoms with Crippen LogP contribution in [0.25, 0.3) is 11.1 Å². The molecule has 2 aromatic carbocycles. The van der Waals surface area contributed by atoms with E-state index in [0.29, 0.717) is 12.1 Å². The third kappa shape index (κ3) is 3.61. The number of nitrogens with zero attached hydrogens (tertiary/aromatic N) is 1. The monoisotopic (exact) mass is 334 g/mol. The molecule has 121 valence electrons. The van der Waals surface area contributed by atoms with E-state index >= 15 is 0 Å². The van der Waals surface area contributed by atoms with Crippen LogP contribution in [0.3, 0.4) is 0 Å². The van der Waals surface area contributed by atoms with Crippen molar-refractivity contribution in [2.45, 2.75) is 12.4 Å². The standard InChI is InChI=1S/C14H6F6NO2/c15-13(16,17)9-5-8(6-10(7-9)14(18,19)20)11-3-1-2-4-12(11)21(22)23/h1-3,5-7H. The van der Waals surface area contributed by atoms with Crippen molar-refractivity contribution in [1.82, 2.24) is 0 Å². The number of hydrogen-bond donors (Lipinski definition) is 0. The van der Waals surface area contributed by atoms with Gasteiger partial charge in [0.25, 0.3) is 5.69 Å². The van der Waals surface area contributed by atoms with Crippen LogP contribution in [0.1, 0.15) is 11.1 Å². The second-order valence-corrected chi connectivity index (χ2v) is 4.48. The Labute approximate surface area is 125 Å². The van der Waals surface area contributed by atoms with E-state index in [1.807, 2.05) is 0 Å². The number of alkyl halides is 6. The van der Waals surface area contributed by atoms with Gasteiger partial charge in [0, 0.05) is 0 Å². The second kappa shape index (κ2) is 5.56. The number of hydrogen-bond acceptors (Lipinski definition) is 2. The summed E-state index contributed by atoms with van der Waals surface area (Å²) in [5.41, 5.74) is -4.73. The van der Waals surface area contributed by atoms with Gasteiger partial charge < -0.3 is 0 Å². The van der Waals surface area contributed by atoms with Gasteiger partial charge in [-0.3, -0.25) is 10.1 Å². The highest BCUT2D eigenvalue weighted by molar-refractivity contribution is 5.74. The molecule has 0 amide bonds. The Kier molecular flexibility index (Phi) is 4.06.